The van der Waals surface area contributed by atoms with Crippen molar-refractivity contribution in [3.8, 4) is 12.3 Å². The van der Waals surface area contributed by atoms with Gasteiger partial charge in [-0.1, -0.05) is 12.8 Å². The minimum Gasteiger partial charge on any atom is -0.209 e. The first-order valence-electron chi connectivity index (χ1n) is 2.68. The molecule has 0 aromatic carbocycles. The first-order chi connectivity index (χ1) is 4.22. The molecule has 0 nitrogen and oxygen atoms in total. The van der Waals surface area contributed by atoms with Gasteiger partial charge in [0.05, 0.1) is 6.42 Å². The average molecular weight is 130 g/mol. The zero-order valence-electron chi connectivity index (χ0n) is 5.25. The van der Waals surface area contributed by atoms with Gasteiger partial charge in [0, 0.05) is 0 Å². The Labute approximate surface area is 53.6 Å². The highest BCUT2D eigenvalue weighted by molar-refractivity contribution is 5.07. The van der Waals surface area contributed by atoms with Gasteiger partial charge in [-0.3, -0.25) is 0 Å². The van der Waals surface area contributed by atoms with E-state index in [-0.39, 0.29) is 12.8 Å². The van der Waals surface area contributed by atoms with Crippen molar-refractivity contribution in [2.75, 3.05) is 0 Å². The molecule has 0 aliphatic rings. The summed E-state index contributed by atoms with van der Waals surface area (Å²) in [5.74, 6) is 0.448. The van der Waals surface area contributed by atoms with Crippen molar-refractivity contribution in [1.82, 2.24) is 0 Å². The van der Waals surface area contributed by atoms with Crippen molar-refractivity contribution in [3.05, 3.63) is 11.7 Å². The van der Waals surface area contributed by atoms with E-state index in [1.807, 2.05) is 5.92 Å². The molecule has 2 heteroatoms. The van der Waals surface area contributed by atoms with Crippen LogP contribution in [0.1, 0.15) is 19.8 Å². The van der Waals surface area contributed by atoms with Gasteiger partial charge in [0.25, 0.3) is 0 Å². The molecule has 0 amide bonds. The molecule has 0 fully saturated rings. The third-order valence-corrected chi connectivity index (χ3v) is 0.862. The summed E-state index contributed by atoms with van der Waals surface area (Å²) >= 11 is 0. The van der Waals surface area contributed by atoms with Crippen LogP contribution in [-0.4, -0.2) is 0 Å². The van der Waals surface area contributed by atoms with Crippen LogP contribution >= 0.6 is 0 Å². The Morgan fingerprint density at radius 3 is 2.33 bits per heavy atom. The van der Waals surface area contributed by atoms with Crippen LogP contribution in [0.5, 0.6) is 0 Å². The summed E-state index contributed by atoms with van der Waals surface area (Å²) in [6.07, 6.45) is 4.57. The fourth-order valence-electron chi connectivity index (χ4n) is 0.377. The molecule has 0 aliphatic carbocycles. The van der Waals surface area contributed by atoms with Crippen LogP contribution in [-0.2, 0) is 0 Å². The minimum absolute atomic E-state index is 0.0769. The van der Waals surface area contributed by atoms with Gasteiger partial charge >= 0.3 is 0 Å². The zero-order valence-corrected chi connectivity index (χ0v) is 5.25. The molecular weight excluding hydrogens is 122 g/mol. The lowest BCUT2D eigenvalue weighted by Gasteiger charge is -1.90. The predicted octanol–water partition coefficient (Wildman–Crippen LogP) is 2.57. The predicted molar refractivity (Wildman–Crippen MR) is 33.0 cm³/mol. The van der Waals surface area contributed by atoms with Crippen molar-refractivity contribution in [3.63, 3.8) is 0 Å². The van der Waals surface area contributed by atoms with Crippen molar-refractivity contribution < 1.29 is 8.78 Å². The van der Waals surface area contributed by atoms with Crippen LogP contribution in [0, 0.1) is 12.3 Å². The Balaban J connectivity index is 3.97. The number of halogens is 2. The second kappa shape index (κ2) is 4.08. The van der Waals surface area contributed by atoms with Crippen molar-refractivity contribution >= 4 is 0 Å². The van der Waals surface area contributed by atoms with E-state index in [0.717, 1.165) is 0 Å². The molecule has 0 saturated heterocycles. The van der Waals surface area contributed by atoms with Gasteiger partial charge in [-0.25, -0.2) is 8.78 Å². The molecule has 0 spiro atoms. The maximum absolute atomic E-state index is 12.2. The highest BCUT2D eigenvalue weighted by Gasteiger charge is 1.99. The Morgan fingerprint density at radius 1 is 1.44 bits per heavy atom. The summed E-state index contributed by atoms with van der Waals surface area (Å²) in [5, 5.41) is 0. The molecule has 0 N–H and O–H groups in total. The third-order valence-electron chi connectivity index (χ3n) is 0.862. The van der Waals surface area contributed by atoms with Crippen molar-refractivity contribution in [1.29, 1.82) is 0 Å². The van der Waals surface area contributed by atoms with Gasteiger partial charge in [0.2, 0.25) is 0 Å². The molecule has 0 saturated carbocycles. The number of hydrogen-bond donors (Lipinski definition) is 0. The maximum atomic E-state index is 12.2. The summed E-state index contributed by atoms with van der Waals surface area (Å²) in [6, 6.07) is 0. The zero-order chi connectivity index (χ0) is 7.28. The highest BCUT2D eigenvalue weighted by atomic mass is 19.2. The van der Waals surface area contributed by atoms with E-state index in [0.29, 0.717) is 0 Å². The van der Waals surface area contributed by atoms with E-state index in [1.54, 1.807) is 0 Å². The minimum atomic E-state index is -0.819. The normalized spacial score (nSPS) is 12.2. The van der Waals surface area contributed by atoms with Crippen LogP contribution in [0.25, 0.3) is 0 Å². The molecule has 0 heterocycles. The standard InChI is InChI=1S/C7H8F2/c1-3-5-7(9)6(8)4-2/h1H,4-5H2,2H3/b7-6-. The lowest BCUT2D eigenvalue weighted by Crippen LogP contribution is -1.76. The summed E-state index contributed by atoms with van der Waals surface area (Å²) in [5.41, 5.74) is 0. The Morgan fingerprint density at radius 2 is 2.00 bits per heavy atom. The molecular formula is C7H8F2. The second-order valence-electron chi connectivity index (χ2n) is 1.54. The molecule has 0 aromatic heterocycles. The Bertz CT molecular complexity index is 151. The SMILES string of the molecule is C#CC/C(F)=C(/F)CC. The Kier molecular flexibility index (Phi) is 3.70. The lowest BCUT2D eigenvalue weighted by molar-refractivity contribution is 0.508. The average Bonchev–Trinajstić information content (AvgIpc) is 1.87. The Hall–Kier alpha value is -0.840. The molecule has 0 aromatic rings. The van der Waals surface area contributed by atoms with E-state index in [9.17, 15) is 8.78 Å². The van der Waals surface area contributed by atoms with E-state index in [1.165, 1.54) is 6.92 Å². The van der Waals surface area contributed by atoms with Crippen LogP contribution in [0.4, 0.5) is 8.78 Å². The number of terminal acetylenes is 1. The van der Waals surface area contributed by atoms with Gasteiger partial charge < -0.3 is 0 Å². The number of hydrogen-bond acceptors (Lipinski definition) is 0. The van der Waals surface area contributed by atoms with Crippen LogP contribution in [0.3, 0.4) is 0 Å². The number of allylic oxidation sites excluding steroid dienone is 2. The fraction of sp³-hybridized carbons (Fsp3) is 0.429. The molecule has 9 heavy (non-hydrogen) atoms. The van der Waals surface area contributed by atoms with Gasteiger partial charge in [0.1, 0.15) is 11.7 Å². The summed E-state index contributed by atoms with van der Waals surface area (Å²) in [4.78, 5) is 0. The van der Waals surface area contributed by atoms with E-state index >= 15 is 0 Å². The van der Waals surface area contributed by atoms with Gasteiger partial charge in [0.15, 0.2) is 0 Å². The molecule has 0 bridgehead atoms. The lowest BCUT2D eigenvalue weighted by atomic mass is 10.3. The van der Waals surface area contributed by atoms with E-state index in [4.69, 9.17) is 6.42 Å². The van der Waals surface area contributed by atoms with Crippen molar-refractivity contribution in [2.45, 2.75) is 19.8 Å². The molecule has 0 aliphatic heterocycles. The molecule has 50 valence electrons. The maximum Gasteiger partial charge on any atom is 0.143 e. The first-order valence-corrected chi connectivity index (χ1v) is 2.68. The largest absolute Gasteiger partial charge is 0.209 e. The molecule has 0 radical (unpaired) electrons. The summed E-state index contributed by atoms with van der Waals surface area (Å²) in [7, 11) is 0. The van der Waals surface area contributed by atoms with E-state index < -0.39 is 11.7 Å². The highest BCUT2D eigenvalue weighted by Crippen LogP contribution is 2.13. The van der Waals surface area contributed by atoms with E-state index in [2.05, 4.69) is 0 Å². The summed E-state index contributed by atoms with van der Waals surface area (Å²) in [6.45, 7) is 1.53. The van der Waals surface area contributed by atoms with Gasteiger partial charge in [-0.15, -0.1) is 6.42 Å². The summed E-state index contributed by atoms with van der Waals surface area (Å²) < 4.78 is 24.3. The van der Waals surface area contributed by atoms with Crippen LogP contribution in [0.2, 0.25) is 0 Å². The van der Waals surface area contributed by atoms with Crippen molar-refractivity contribution in [2.24, 2.45) is 0 Å². The molecule has 0 unspecified atom stereocenters. The van der Waals surface area contributed by atoms with Crippen LogP contribution in [0.15, 0.2) is 11.7 Å². The van der Waals surface area contributed by atoms with Gasteiger partial charge in [-0.2, -0.15) is 0 Å². The molecule has 0 atom stereocenters. The molecule has 0 rings (SSSR count). The first kappa shape index (κ1) is 8.16. The fourth-order valence-corrected chi connectivity index (χ4v) is 0.377. The topological polar surface area (TPSA) is 0 Å². The quantitative estimate of drug-likeness (QED) is 0.504. The second-order valence-corrected chi connectivity index (χ2v) is 1.54. The third kappa shape index (κ3) is 2.86. The van der Waals surface area contributed by atoms with Gasteiger partial charge in [-0.05, 0) is 6.42 Å². The smallest absolute Gasteiger partial charge is 0.143 e. The number of rotatable bonds is 2. The van der Waals surface area contributed by atoms with Crippen LogP contribution < -0.4 is 0 Å². The monoisotopic (exact) mass is 130 g/mol.